The van der Waals surface area contributed by atoms with Crippen LogP contribution >= 0.6 is 0 Å². The second-order valence-corrected chi connectivity index (χ2v) is 5.23. The van der Waals surface area contributed by atoms with Gasteiger partial charge in [-0.1, -0.05) is 32.9 Å². The van der Waals surface area contributed by atoms with Crippen molar-refractivity contribution in [2.45, 2.75) is 27.2 Å². The predicted molar refractivity (Wildman–Crippen MR) is 66.9 cm³/mol. The predicted octanol–water partition coefficient (Wildman–Crippen LogP) is 2.45. The van der Waals surface area contributed by atoms with E-state index in [9.17, 15) is 0 Å². The lowest BCUT2D eigenvalue weighted by atomic mass is 9.97. The van der Waals surface area contributed by atoms with Crippen molar-refractivity contribution in [3.05, 3.63) is 29.8 Å². The largest absolute Gasteiger partial charge is 0.399 e. The van der Waals surface area contributed by atoms with Crippen molar-refractivity contribution in [3.63, 3.8) is 0 Å². The van der Waals surface area contributed by atoms with E-state index in [1.807, 2.05) is 12.1 Å². The van der Waals surface area contributed by atoms with Crippen LogP contribution in [-0.2, 0) is 6.42 Å². The number of nitrogens with one attached hydrogen (secondary N) is 1. The van der Waals surface area contributed by atoms with Crippen molar-refractivity contribution in [2.75, 3.05) is 18.8 Å². The number of anilines is 1. The summed E-state index contributed by atoms with van der Waals surface area (Å²) in [7, 11) is 0. The summed E-state index contributed by atoms with van der Waals surface area (Å²) in [5, 5.41) is 3.46. The van der Waals surface area contributed by atoms with Crippen LogP contribution in [0.2, 0.25) is 0 Å². The summed E-state index contributed by atoms with van der Waals surface area (Å²) in [5.74, 6) is 0. The third kappa shape index (κ3) is 5.43. The first-order valence-corrected chi connectivity index (χ1v) is 5.52. The number of rotatable bonds is 4. The molecule has 1 aromatic carbocycles. The minimum atomic E-state index is 0.362. The van der Waals surface area contributed by atoms with Crippen LogP contribution in [0.4, 0.5) is 5.69 Å². The second kappa shape index (κ2) is 5.17. The van der Waals surface area contributed by atoms with E-state index in [0.717, 1.165) is 25.2 Å². The average molecular weight is 206 g/mol. The second-order valence-electron chi connectivity index (χ2n) is 5.23. The van der Waals surface area contributed by atoms with Gasteiger partial charge in [0.25, 0.3) is 0 Å². The smallest absolute Gasteiger partial charge is 0.0314 e. The van der Waals surface area contributed by atoms with Gasteiger partial charge in [0.15, 0.2) is 0 Å². The molecule has 1 aromatic rings. The van der Waals surface area contributed by atoms with Crippen molar-refractivity contribution in [3.8, 4) is 0 Å². The Morgan fingerprint density at radius 3 is 2.27 bits per heavy atom. The molecule has 0 saturated heterocycles. The van der Waals surface area contributed by atoms with Gasteiger partial charge in [-0.15, -0.1) is 0 Å². The molecule has 15 heavy (non-hydrogen) atoms. The first kappa shape index (κ1) is 12.1. The Bertz CT molecular complexity index is 282. The minimum absolute atomic E-state index is 0.362. The third-order valence-corrected chi connectivity index (χ3v) is 2.23. The standard InChI is InChI=1S/C13H22N2/c1-13(2,3)10-15-9-8-11-4-6-12(14)7-5-11/h4-7,15H,8-10,14H2,1-3H3. The van der Waals surface area contributed by atoms with Gasteiger partial charge in [-0.3, -0.25) is 0 Å². The SMILES string of the molecule is CC(C)(C)CNCCc1ccc(N)cc1. The van der Waals surface area contributed by atoms with E-state index >= 15 is 0 Å². The molecule has 1 rings (SSSR count). The Labute approximate surface area is 92.9 Å². The molecule has 0 bridgehead atoms. The Balaban J connectivity index is 2.23. The van der Waals surface area contributed by atoms with Crippen LogP contribution in [0.25, 0.3) is 0 Å². The number of benzene rings is 1. The maximum Gasteiger partial charge on any atom is 0.0314 e. The molecule has 0 aromatic heterocycles. The summed E-state index contributed by atoms with van der Waals surface area (Å²) in [4.78, 5) is 0. The monoisotopic (exact) mass is 206 g/mol. The molecule has 0 unspecified atom stereocenters. The third-order valence-electron chi connectivity index (χ3n) is 2.23. The van der Waals surface area contributed by atoms with Gasteiger partial charge in [0.2, 0.25) is 0 Å². The van der Waals surface area contributed by atoms with E-state index in [2.05, 4.69) is 38.2 Å². The summed E-state index contributed by atoms with van der Waals surface area (Å²) in [5.41, 5.74) is 8.16. The molecule has 0 aliphatic heterocycles. The lowest BCUT2D eigenvalue weighted by molar-refractivity contribution is 0.381. The van der Waals surface area contributed by atoms with E-state index in [-0.39, 0.29) is 0 Å². The molecule has 0 aliphatic carbocycles. The van der Waals surface area contributed by atoms with Crippen LogP contribution < -0.4 is 11.1 Å². The zero-order chi connectivity index (χ0) is 11.3. The zero-order valence-corrected chi connectivity index (χ0v) is 10.0. The zero-order valence-electron chi connectivity index (χ0n) is 10.0. The quantitative estimate of drug-likeness (QED) is 0.586. The normalized spacial score (nSPS) is 11.7. The summed E-state index contributed by atoms with van der Waals surface area (Å²) in [6.45, 7) is 8.80. The fraction of sp³-hybridized carbons (Fsp3) is 0.538. The van der Waals surface area contributed by atoms with Crippen LogP contribution in [0.5, 0.6) is 0 Å². The Kier molecular flexibility index (Phi) is 4.15. The van der Waals surface area contributed by atoms with Crippen molar-refractivity contribution in [1.29, 1.82) is 0 Å². The van der Waals surface area contributed by atoms with Gasteiger partial charge in [-0.2, -0.15) is 0 Å². The lowest BCUT2D eigenvalue weighted by Gasteiger charge is -2.18. The van der Waals surface area contributed by atoms with Crippen LogP contribution in [0, 0.1) is 5.41 Å². The van der Waals surface area contributed by atoms with Crippen molar-refractivity contribution < 1.29 is 0 Å². The molecule has 0 heterocycles. The summed E-state index contributed by atoms with van der Waals surface area (Å²) in [6, 6.07) is 8.10. The van der Waals surface area contributed by atoms with Crippen molar-refractivity contribution in [1.82, 2.24) is 5.32 Å². The van der Waals surface area contributed by atoms with Gasteiger partial charge in [0.05, 0.1) is 0 Å². The van der Waals surface area contributed by atoms with Gasteiger partial charge < -0.3 is 11.1 Å². The number of hydrogen-bond donors (Lipinski definition) is 2. The first-order valence-electron chi connectivity index (χ1n) is 5.52. The van der Waals surface area contributed by atoms with Gasteiger partial charge in [0, 0.05) is 12.2 Å². The first-order chi connectivity index (χ1) is 6.97. The molecule has 0 fully saturated rings. The number of nitrogens with two attached hydrogens (primary N) is 1. The van der Waals surface area contributed by atoms with Gasteiger partial charge in [-0.25, -0.2) is 0 Å². The highest BCUT2D eigenvalue weighted by molar-refractivity contribution is 5.39. The minimum Gasteiger partial charge on any atom is -0.399 e. The fourth-order valence-electron chi connectivity index (χ4n) is 1.38. The van der Waals surface area contributed by atoms with Crippen LogP contribution in [0.1, 0.15) is 26.3 Å². The summed E-state index contributed by atoms with van der Waals surface area (Å²) >= 11 is 0. The maximum atomic E-state index is 5.62. The van der Waals surface area contributed by atoms with Crippen molar-refractivity contribution >= 4 is 5.69 Å². The molecule has 0 radical (unpaired) electrons. The molecular weight excluding hydrogens is 184 g/mol. The Morgan fingerprint density at radius 1 is 1.13 bits per heavy atom. The van der Waals surface area contributed by atoms with Crippen LogP contribution in [0.15, 0.2) is 24.3 Å². The van der Waals surface area contributed by atoms with Crippen LogP contribution in [0.3, 0.4) is 0 Å². The molecule has 3 N–H and O–H groups in total. The van der Waals surface area contributed by atoms with E-state index in [4.69, 9.17) is 5.73 Å². The van der Waals surface area contributed by atoms with E-state index in [1.165, 1.54) is 5.56 Å². The lowest BCUT2D eigenvalue weighted by Crippen LogP contribution is -2.28. The highest BCUT2D eigenvalue weighted by Gasteiger charge is 2.08. The van der Waals surface area contributed by atoms with E-state index in [1.54, 1.807) is 0 Å². The summed E-state index contributed by atoms with van der Waals surface area (Å²) < 4.78 is 0. The number of hydrogen-bond acceptors (Lipinski definition) is 2. The molecule has 2 heteroatoms. The highest BCUT2D eigenvalue weighted by Crippen LogP contribution is 2.10. The van der Waals surface area contributed by atoms with Gasteiger partial charge >= 0.3 is 0 Å². The molecule has 84 valence electrons. The average Bonchev–Trinajstić information content (AvgIpc) is 2.14. The molecule has 0 saturated carbocycles. The molecular formula is C13H22N2. The van der Waals surface area contributed by atoms with Crippen molar-refractivity contribution in [2.24, 2.45) is 5.41 Å². The Morgan fingerprint density at radius 2 is 1.73 bits per heavy atom. The fourth-order valence-corrected chi connectivity index (χ4v) is 1.38. The molecule has 0 aliphatic rings. The molecule has 0 atom stereocenters. The molecule has 0 spiro atoms. The van der Waals surface area contributed by atoms with E-state index in [0.29, 0.717) is 5.41 Å². The number of nitrogen functional groups attached to an aromatic ring is 1. The summed E-state index contributed by atoms with van der Waals surface area (Å²) in [6.07, 6.45) is 1.07. The highest BCUT2D eigenvalue weighted by atomic mass is 14.9. The molecule has 0 amide bonds. The maximum absolute atomic E-state index is 5.62. The van der Waals surface area contributed by atoms with Gasteiger partial charge in [0.1, 0.15) is 0 Å². The Hall–Kier alpha value is -1.02. The van der Waals surface area contributed by atoms with Gasteiger partial charge in [-0.05, 0) is 36.1 Å². The van der Waals surface area contributed by atoms with Crippen LogP contribution in [-0.4, -0.2) is 13.1 Å². The topological polar surface area (TPSA) is 38.0 Å². The van der Waals surface area contributed by atoms with E-state index < -0.39 is 0 Å². The molecule has 2 nitrogen and oxygen atoms in total.